The van der Waals surface area contributed by atoms with E-state index in [2.05, 4.69) is 4.98 Å². The Morgan fingerprint density at radius 3 is 2.96 bits per heavy atom. The maximum Gasteiger partial charge on any atom is 0.349 e. The number of hydrogen-bond donors (Lipinski definition) is 1. The van der Waals surface area contributed by atoms with Crippen molar-refractivity contribution in [2.24, 2.45) is 0 Å². The molecule has 0 bridgehead atoms. The quantitative estimate of drug-likeness (QED) is 0.440. The van der Waals surface area contributed by atoms with Gasteiger partial charge in [0, 0.05) is 5.39 Å². The van der Waals surface area contributed by atoms with Crippen LogP contribution in [0.5, 0.6) is 5.75 Å². The minimum Gasteiger partial charge on any atom is -0.507 e. The third-order valence-corrected chi connectivity index (χ3v) is 4.26. The first-order valence-electron chi connectivity index (χ1n) is 6.93. The first-order chi connectivity index (χ1) is 11.5. The number of hydrogen-bond acceptors (Lipinski definition) is 8. The smallest absolute Gasteiger partial charge is 0.349 e. The van der Waals surface area contributed by atoms with E-state index in [1.54, 1.807) is 6.92 Å². The number of ether oxygens (including phenoxy) is 1. The van der Waals surface area contributed by atoms with E-state index in [0.29, 0.717) is 16.7 Å². The summed E-state index contributed by atoms with van der Waals surface area (Å²) in [7, 11) is 0. The standard InChI is InChI=1S/C16H11NO6S/c1-2-22-16(21)12-6-17-14(24-12)9-5-8-3-4-11(19)10(7-18)13(8)23-15(9)20/h3-7,19H,2H2,1H3. The van der Waals surface area contributed by atoms with Crippen LogP contribution in [-0.2, 0) is 4.74 Å². The Morgan fingerprint density at radius 1 is 1.46 bits per heavy atom. The fourth-order valence-electron chi connectivity index (χ4n) is 2.15. The summed E-state index contributed by atoms with van der Waals surface area (Å²) in [6.45, 7) is 1.93. The highest BCUT2D eigenvalue weighted by molar-refractivity contribution is 7.16. The highest BCUT2D eigenvalue weighted by Crippen LogP contribution is 2.29. The third-order valence-electron chi connectivity index (χ3n) is 3.25. The number of carbonyl (C=O) groups excluding carboxylic acids is 2. The van der Waals surface area contributed by atoms with Gasteiger partial charge < -0.3 is 14.3 Å². The van der Waals surface area contributed by atoms with E-state index in [1.165, 1.54) is 24.4 Å². The summed E-state index contributed by atoms with van der Waals surface area (Å²) in [5.74, 6) is -0.785. The largest absolute Gasteiger partial charge is 0.507 e. The van der Waals surface area contributed by atoms with E-state index in [1.807, 2.05) is 0 Å². The molecule has 0 saturated heterocycles. The predicted molar refractivity (Wildman–Crippen MR) is 86.6 cm³/mol. The van der Waals surface area contributed by atoms with Gasteiger partial charge in [0.15, 0.2) is 11.9 Å². The van der Waals surface area contributed by atoms with Crippen molar-refractivity contribution in [3.63, 3.8) is 0 Å². The number of aromatic nitrogens is 1. The summed E-state index contributed by atoms with van der Waals surface area (Å²) in [6, 6.07) is 4.35. The van der Waals surface area contributed by atoms with Crippen molar-refractivity contribution >= 4 is 34.6 Å². The molecular formula is C16H11NO6S. The first kappa shape index (κ1) is 15.9. The highest BCUT2D eigenvalue weighted by atomic mass is 32.1. The van der Waals surface area contributed by atoms with Crippen LogP contribution in [0.15, 0.2) is 33.6 Å². The van der Waals surface area contributed by atoms with Crippen LogP contribution in [-0.4, -0.2) is 29.0 Å². The molecule has 8 heteroatoms. The van der Waals surface area contributed by atoms with E-state index >= 15 is 0 Å². The summed E-state index contributed by atoms with van der Waals surface area (Å²) in [6.07, 6.45) is 1.75. The minimum absolute atomic E-state index is 0.000854. The maximum atomic E-state index is 12.2. The number of benzene rings is 1. The molecule has 0 atom stereocenters. The molecule has 24 heavy (non-hydrogen) atoms. The van der Waals surface area contributed by atoms with E-state index < -0.39 is 11.6 Å². The number of rotatable bonds is 4. The Kier molecular flexibility index (Phi) is 4.13. The third kappa shape index (κ3) is 2.67. The number of esters is 1. The van der Waals surface area contributed by atoms with Crippen molar-refractivity contribution in [1.29, 1.82) is 0 Å². The topological polar surface area (TPSA) is 107 Å². The van der Waals surface area contributed by atoms with Gasteiger partial charge in [-0.25, -0.2) is 14.6 Å². The highest BCUT2D eigenvalue weighted by Gasteiger charge is 2.18. The second-order valence-corrected chi connectivity index (χ2v) is 5.76. The first-order valence-corrected chi connectivity index (χ1v) is 7.75. The predicted octanol–water partition coefficient (Wildman–Crippen LogP) is 2.61. The van der Waals surface area contributed by atoms with Crippen LogP contribution in [0.25, 0.3) is 21.5 Å². The van der Waals surface area contributed by atoms with Crippen LogP contribution in [0, 0.1) is 0 Å². The molecule has 0 aliphatic carbocycles. The molecule has 2 aromatic heterocycles. The molecule has 3 rings (SSSR count). The van der Waals surface area contributed by atoms with Crippen molar-refractivity contribution in [3.8, 4) is 16.3 Å². The molecule has 0 radical (unpaired) electrons. The molecule has 0 saturated carbocycles. The van der Waals surface area contributed by atoms with Crippen molar-refractivity contribution in [3.05, 3.63) is 45.3 Å². The number of nitrogens with zero attached hydrogens (tertiary/aromatic N) is 1. The number of carbonyl (C=O) groups is 2. The van der Waals surface area contributed by atoms with E-state index in [4.69, 9.17) is 9.15 Å². The van der Waals surface area contributed by atoms with Gasteiger partial charge in [0.25, 0.3) is 0 Å². The Balaban J connectivity index is 2.13. The van der Waals surface area contributed by atoms with Gasteiger partial charge in [-0.15, -0.1) is 11.3 Å². The molecule has 7 nitrogen and oxygen atoms in total. The zero-order chi connectivity index (χ0) is 17.3. The zero-order valence-electron chi connectivity index (χ0n) is 12.4. The van der Waals surface area contributed by atoms with Gasteiger partial charge in [0.2, 0.25) is 0 Å². The van der Waals surface area contributed by atoms with Crippen molar-refractivity contribution in [2.45, 2.75) is 6.92 Å². The molecule has 0 aliphatic rings. The molecule has 3 aromatic rings. The Bertz CT molecular complexity index is 1000. The SMILES string of the molecule is CCOC(=O)c1cnc(-c2cc3ccc(O)c(C=O)c3oc2=O)s1. The molecule has 122 valence electrons. The van der Waals surface area contributed by atoms with Gasteiger partial charge in [-0.3, -0.25) is 4.79 Å². The van der Waals surface area contributed by atoms with Crippen LogP contribution >= 0.6 is 11.3 Å². The monoisotopic (exact) mass is 345 g/mol. The lowest BCUT2D eigenvalue weighted by atomic mass is 10.1. The average molecular weight is 345 g/mol. The molecule has 0 spiro atoms. The van der Waals surface area contributed by atoms with Crippen LogP contribution in [0.3, 0.4) is 0 Å². The summed E-state index contributed by atoms with van der Waals surface area (Å²) in [5.41, 5.74) is -0.657. The van der Waals surface area contributed by atoms with E-state index in [-0.39, 0.29) is 33.9 Å². The molecular weight excluding hydrogens is 334 g/mol. The van der Waals surface area contributed by atoms with Gasteiger partial charge in [0.1, 0.15) is 15.6 Å². The summed E-state index contributed by atoms with van der Waals surface area (Å²) < 4.78 is 10.1. The van der Waals surface area contributed by atoms with Gasteiger partial charge in [-0.2, -0.15) is 0 Å². The molecule has 0 fully saturated rings. The fourth-order valence-corrected chi connectivity index (χ4v) is 2.97. The van der Waals surface area contributed by atoms with Crippen LogP contribution in [0.4, 0.5) is 0 Å². The van der Waals surface area contributed by atoms with E-state index in [9.17, 15) is 19.5 Å². The van der Waals surface area contributed by atoms with E-state index in [0.717, 1.165) is 11.3 Å². The van der Waals surface area contributed by atoms with Crippen LogP contribution in [0.2, 0.25) is 0 Å². The second-order valence-electron chi connectivity index (χ2n) is 4.73. The molecule has 0 unspecified atom stereocenters. The number of aldehydes is 1. The van der Waals surface area contributed by atoms with Gasteiger partial charge in [0.05, 0.1) is 23.9 Å². The van der Waals surface area contributed by atoms with Crippen molar-refractivity contribution in [2.75, 3.05) is 6.61 Å². The molecule has 0 aliphatic heterocycles. The number of phenolic OH excluding ortho intramolecular Hbond substituents is 1. The Hall–Kier alpha value is -3.00. The number of aromatic hydroxyl groups is 1. The molecule has 1 aromatic carbocycles. The fraction of sp³-hybridized carbons (Fsp3) is 0.125. The molecule has 2 heterocycles. The van der Waals surface area contributed by atoms with Gasteiger partial charge in [-0.1, -0.05) is 0 Å². The zero-order valence-corrected chi connectivity index (χ0v) is 13.3. The van der Waals surface area contributed by atoms with Crippen molar-refractivity contribution in [1.82, 2.24) is 4.98 Å². The van der Waals surface area contributed by atoms with Gasteiger partial charge >= 0.3 is 11.6 Å². The average Bonchev–Trinajstić information content (AvgIpc) is 3.04. The van der Waals surface area contributed by atoms with Crippen molar-refractivity contribution < 1.29 is 23.8 Å². The minimum atomic E-state index is -0.721. The number of thiazole rings is 1. The van der Waals surface area contributed by atoms with Crippen LogP contribution in [0.1, 0.15) is 27.0 Å². The lowest BCUT2D eigenvalue weighted by molar-refractivity contribution is 0.0531. The lowest BCUT2D eigenvalue weighted by Crippen LogP contribution is -2.03. The number of fused-ring (bicyclic) bond motifs is 1. The molecule has 0 amide bonds. The Labute approximate surface area is 139 Å². The van der Waals surface area contributed by atoms with Crippen LogP contribution < -0.4 is 5.63 Å². The summed E-state index contributed by atoms with van der Waals surface area (Å²) in [4.78, 5) is 39.3. The normalized spacial score (nSPS) is 10.7. The summed E-state index contributed by atoms with van der Waals surface area (Å²) >= 11 is 1.01. The maximum absolute atomic E-state index is 12.2. The van der Waals surface area contributed by atoms with Gasteiger partial charge in [-0.05, 0) is 25.1 Å². The Morgan fingerprint density at radius 2 is 2.25 bits per heavy atom. The number of phenols is 1. The summed E-state index contributed by atoms with van der Waals surface area (Å²) in [5, 5.41) is 10.4. The molecule has 1 N–H and O–H groups in total. The lowest BCUT2D eigenvalue weighted by Gasteiger charge is -2.03. The second kappa shape index (κ2) is 6.25.